The second kappa shape index (κ2) is 2.78. The third kappa shape index (κ3) is 1.31. The molecular formula is C10H18O. The highest BCUT2D eigenvalue weighted by Crippen LogP contribution is 2.53. The van der Waals surface area contributed by atoms with Crippen LogP contribution in [0.5, 0.6) is 0 Å². The van der Waals surface area contributed by atoms with Crippen LogP contribution < -0.4 is 0 Å². The van der Waals surface area contributed by atoms with Gasteiger partial charge in [0.25, 0.3) is 0 Å². The molecule has 0 heterocycles. The molecular weight excluding hydrogens is 136 g/mol. The van der Waals surface area contributed by atoms with Crippen molar-refractivity contribution in [3.63, 3.8) is 0 Å². The molecule has 2 saturated carbocycles. The van der Waals surface area contributed by atoms with Crippen LogP contribution in [0, 0.1) is 17.8 Å². The first kappa shape index (κ1) is 7.60. The molecule has 2 aliphatic carbocycles. The molecule has 2 unspecified atom stereocenters. The van der Waals surface area contributed by atoms with E-state index in [1.54, 1.807) is 0 Å². The average Bonchev–Trinajstić information content (AvgIpc) is 2.75. The van der Waals surface area contributed by atoms with E-state index in [1.807, 2.05) is 0 Å². The predicted octanol–water partition coefficient (Wildman–Crippen LogP) is 2.46. The Balaban J connectivity index is 1.89. The van der Waals surface area contributed by atoms with Crippen LogP contribution in [0.1, 0.15) is 33.1 Å². The predicted molar refractivity (Wildman–Crippen MR) is 45.4 cm³/mol. The lowest BCUT2D eigenvalue weighted by molar-refractivity contribution is -0.00258. The fourth-order valence-electron chi connectivity index (χ4n) is 2.61. The Morgan fingerprint density at radius 1 is 1.36 bits per heavy atom. The molecule has 11 heavy (non-hydrogen) atoms. The Hall–Kier alpha value is -0.0400. The molecule has 0 aromatic heterocycles. The van der Waals surface area contributed by atoms with Crippen LogP contribution in [0.2, 0.25) is 0 Å². The van der Waals surface area contributed by atoms with Gasteiger partial charge in [-0.25, -0.2) is 0 Å². The van der Waals surface area contributed by atoms with Crippen LogP contribution in [0.3, 0.4) is 0 Å². The molecule has 0 spiro atoms. The maximum atomic E-state index is 5.69. The Bertz CT molecular complexity index is 144. The van der Waals surface area contributed by atoms with Gasteiger partial charge in [-0.3, -0.25) is 0 Å². The summed E-state index contributed by atoms with van der Waals surface area (Å²) in [5.41, 5.74) is 0. The van der Waals surface area contributed by atoms with Gasteiger partial charge in [-0.15, -0.1) is 0 Å². The van der Waals surface area contributed by atoms with Gasteiger partial charge in [0.05, 0.1) is 6.10 Å². The fourth-order valence-corrected chi connectivity index (χ4v) is 2.61. The minimum Gasteiger partial charge on any atom is -0.378 e. The standard InChI is InChI=1S/C10H18O/c1-3-11-10-5-4-8-6-9(8)7(10)2/h7-10H,3-6H2,1-2H3/t7?,8-,9?,10+/m0/s1. The van der Waals surface area contributed by atoms with Gasteiger partial charge in [0.1, 0.15) is 0 Å². The summed E-state index contributed by atoms with van der Waals surface area (Å²) >= 11 is 0. The topological polar surface area (TPSA) is 9.23 Å². The molecule has 1 nitrogen and oxygen atoms in total. The van der Waals surface area contributed by atoms with Crippen LogP contribution in [0.25, 0.3) is 0 Å². The molecule has 0 amide bonds. The zero-order valence-corrected chi connectivity index (χ0v) is 7.55. The van der Waals surface area contributed by atoms with Crippen molar-refractivity contribution in [2.24, 2.45) is 17.8 Å². The molecule has 2 fully saturated rings. The van der Waals surface area contributed by atoms with Crippen molar-refractivity contribution >= 4 is 0 Å². The molecule has 0 aliphatic heterocycles. The van der Waals surface area contributed by atoms with E-state index in [0.29, 0.717) is 6.10 Å². The summed E-state index contributed by atoms with van der Waals surface area (Å²) in [6, 6.07) is 0. The van der Waals surface area contributed by atoms with Gasteiger partial charge in [0.15, 0.2) is 0 Å². The molecule has 4 atom stereocenters. The summed E-state index contributed by atoms with van der Waals surface area (Å²) in [6.07, 6.45) is 4.82. The van der Waals surface area contributed by atoms with E-state index in [4.69, 9.17) is 4.74 Å². The number of rotatable bonds is 2. The number of hydrogen-bond donors (Lipinski definition) is 0. The van der Waals surface area contributed by atoms with E-state index >= 15 is 0 Å². The smallest absolute Gasteiger partial charge is 0.0603 e. The monoisotopic (exact) mass is 154 g/mol. The Morgan fingerprint density at radius 2 is 2.18 bits per heavy atom. The van der Waals surface area contributed by atoms with Gasteiger partial charge >= 0.3 is 0 Å². The summed E-state index contributed by atoms with van der Waals surface area (Å²) < 4.78 is 5.69. The molecule has 0 bridgehead atoms. The number of fused-ring (bicyclic) bond motifs is 1. The fraction of sp³-hybridized carbons (Fsp3) is 1.00. The van der Waals surface area contributed by atoms with E-state index in [1.165, 1.54) is 19.3 Å². The summed E-state index contributed by atoms with van der Waals surface area (Å²) in [5.74, 6) is 2.95. The Labute approximate surface area is 69.1 Å². The summed E-state index contributed by atoms with van der Waals surface area (Å²) in [4.78, 5) is 0. The van der Waals surface area contributed by atoms with E-state index < -0.39 is 0 Å². The van der Waals surface area contributed by atoms with Crippen LogP contribution in [-0.4, -0.2) is 12.7 Å². The lowest BCUT2D eigenvalue weighted by Gasteiger charge is -2.27. The second-order valence-corrected chi connectivity index (χ2v) is 4.09. The molecule has 0 saturated heterocycles. The SMILES string of the molecule is CCO[C@@H]1CC[C@H]2CC2C1C. The van der Waals surface area contributed by atoms with Gasteiger partial charge in [-0.05, 0) is 43.9 Å². The lowest BCUT2D eigenvalue weighted by atomic mass is 9.88. The lowest BCUT2D eigenvalue weighted by Crippen LogP contribution is -2.27. The summed E-state index contributed by atoms with van der Waals surface area (Å²) in [7, 11) is 0. The third-order valence-corrected chi connectivity index (χ3v) is 3.44. The maximum absolute atomic E-state index is 5.69. The maximum Gasteiger partial charge on any atom is 0.0603 e. The van der Waals surface area contributed by atoms with Crippen LogP contribution in [0.4, 0.5) is 0 Å². The highest BCUT2D eigenvalue weighted by molar-refractivity contribution is 4.97. The van der Waals surface area contributed by atoms with Gasteiger partial charge in [-0.2, -0.15) is 0 Å². The largest absolute Gasteiger partial charge is 0.378 e. The van der Waals surface area contributed by atoms with Gasteiger partial charge in [0.2, 0.25) is 0 Å². The second-order valence-electron chi connectivity index (χ2n) is 4.09. The minimum absolute atomic E-state index is 0.587. The average molecular weight is 154 g/mol. The Morgan fingerprint density at radius 3 is 2.91 bits per heavy atom. The van der Waals surface area contributed by atoms with E-state index in [2.05, 4.69) is 13.8 Å². The van der Waals surface area contributed by atoms with E-state index in [0.717, 1.165) is 24.4 Å². The molecule has 64 valence electrons. The van der Waals surface area contributed by atoms with Crippen molar-refractivity contribution in [1.29, 1.82) is 0 Å². The highest BCUT2D eigenvalue weighted by Gasteiger charge is 2.47. The zero-order valence-electron chi connectivity index (χ0n) is 7.55. The Kier molecular flexibility index (Phi) is 1.92. The number of hydrogen-bond acceptors (Lipinski definition) is 1. The van der Waals surface area contributed by atoms with Crippen molar-refractivity contribution in [2.75, 3.05) is 6.61 Å². The highest BCUT2D eigenvalue weighted by atomic mass is 16.5. The molecule has 0 radical (unpaired) electrons. The minimum atomic E-state index is 0.587. The molecule has 0 N–H and O–H groups in total. The van der Waals surface area contributed by atoms with Crippen molar-refractivity contribution < 1.29 is 4.74 Å². The summed E-state index contributed by atoms with van der Waals surface area (Å²) in [5, 5.41) is 0. The normalized spacial score (nSPS) is 48.5. The van der Waals surface area contributed by atoms with Gasteiger partial charge < -0.3 is 4.74 Å². The van der Waals surface area contributed by atoms with Crippen molar-refractivity contribution in [1.82, 2.24) is 0 Å². The van der Waals surface area contributed by atoms with Gasteiger partial charge in [-0.1, -0.05) is 6.92 Å². The first-order chi connectivity index (χ1) is 5.33. The number of ether oxygens (including phenoxy) is 1. The van der Waals surface area contributed by atoms with Crippen LogP contribution in [0.15, 0.2) is 0 Å². The van der Waals surface area contributed by atoms with Gasteiger partial charge in [0, 0.05) is 6.61 Å². The first-order valence-corrected chi connectivity index (χ1v) is 4.94. The molecule has 2 aliphatic rings. The molecule has 0 aromatic rings. The van der Waals surface area contributed by atoms with Crippen molar-refractivity contribution in [2.45, 2.75) is 39.2 Å². The van der Waals surface area contributed by atoms with Crippen molar-refractivity contribution in [3.05, 3.63) is 0 Å². The third-order valence-electron chi connectivity index (χ3n) is 3.44. The molecule has 1 heteroatoms. The van der Waals surface area contributed by atoms with Crippen LogP contribution in [-0.2, 0) is 4.74 Å². The van der Waals surface area contributed by atoms with Crippen LogP contribution >= 0.6 is 0 Å². The first-order valence-electron chi connectivity index (χ1n) is 4.94. The molecule has 0 aromatic carbocycles. The van der Waals surface area contributed by atoms with E-state index in [-0.39, 0.29) is 0 Å². The summed E-state index contributed by atoms with van der Waals surface area (Å²) in [6.45, 7) is 5.36. The quantitative estimate of drug-likeness (QED) is 0.593. The molecule has 2 rings (SSSR count). The van der Waals surface area contributed by atoms with E-state index in [9.17, 15) is 0 Å². The van der Waals surface area contributed by atoms with Crippen molar-refractivity contribution in [3.8, 4) is 0 Å². The zero-order chi connectivity index (χ0) is 7.84.